The van der Waals surface area contributed by atoms with Gasteiger partial charge in [0.2, 0.25) is 0 Å². The number of benzene rings is 1. The molecule has 19 heavy (non-hydrogen) atoms. The van der Waals surface area contributed by atoms with E-state index < -0.39 is 5.82 Å². The van der Waals surface area contributed by atoms with Crippen LogP contribution in [0.4, 0.5) is 4.39 Å². The van der Waals surface area contributed by atoms with Crippen LogP contribution in [-0.2, 0) is 0 Å². The molecule has 1 aliphatic heterocycles. The monoisotopic (exact) mass is 327 g/mol. The van der Waals surface area contributed by atoms with Crippen molar-refractivity contribution in [2.45, 2.75) is 33.1 Å². The van der Waals surface area contributed by atoms with Crippen LogP contribution in [0.15, 0.2) is 22.7 Å². The Kier molecular flexibility index (Phi) is 4.29. The van der Waals surface area contributed by atoms with E-state index in [4.69, 9.17) is 0 Å². The van der Waals surface area contributed by atoms with Gasteiger partial charge in [0.15, 0.2) is 0 Å². The number of halogens is 2. The number of rotatable bonds is 1. The molecule has 0 aromatic heterocycles. The normalized spacial score (nSPS) is 19.1. The molecule has 1 aromatic carbocycles. The lowest BCUT2D eigenvalue weighted by molar-refractivity contribution is 0.0752. The molecule has 0 spiro atoms. The Morgan fingerprint density at radius 2 is 2.05 bits per heavy atom. The maximum Gasteiger partial charge on any atom is 0.256 e. The summed E-state index contributed by atoms with van der Waals surface area (Å²) in [5.41, 5.74) is 0.430. The van der Waals surface area contributed by atoms with E-state index in [-0.39, 0.29) is 16.9 Å². The van der Waals surface area contributed by atoms with E-state index in [2.05, 4.69) is 29.8 Å². The smallest absolute Gasteiger partial charge is 0.256 e. The minimum Gasteiger partial charge on any atom is -0.339 e. The van der Waals surface area contributed by atoms with Crippen LogP contribution in [0.5, 0.6) is 0 Å². The lowest BCUT2D eigenvalue weighted by Gasteiger charge is -2.23. The number of amides is 1. The average Bonchev–Trinajstić information content (AvgIpc) is 2.53. The molecule has 2 nitrogen and oxygen atoms in total. The number of hydrogen-bond donors (Lipinski definition) is 0. The topological polar surface area (TPSA) is 20.3 Å². The lowest BCUT2D eigenvalue weighted by atomic mass is 9.85. The van der Waals surface area contributed by atoms with E-state index in [1.54, 1.807) is 23.1 Å². The van der Waals surface area contributed by atoms with Gasteiger partial charge in [-0.2, -0.15) is 0 Å². The molecule has 1 fully saturated rings. The molecule has 1 heterocycles. The van der Waals surface area contributed by atoms with Crippen molar-refractivity contribution in [3.05, 3.63) is 34.1 Å². The molecule has 0 radical (unpaired) electrons. The van der Waals surface area contributed by atoms with Crippen molar-refractivity contribution >= 4 is 21.8 Å². The van der Waals surface area contributed by atoms with Gasteiger partial charge in [-0.3, -0.25) is 4.79 Å². The highest BCUT2D eigenvalue weighted by atomic mass is 79.9. The summed E-state index contributed by atoms with van der Waals surface area (Å²) in [5.74, 6) is -0.660. The number of hydrogen-bond acceptors (Lipinski definition) is 1. The fourth-order valence-corrected chi connectivity index (χ4v) is 2.83. The predicted molar refractivity (Wildman–Crippen MR) is 77.6 cm³/mol. The van der Waals surface area contributed by atoms with Gasteiger partial charge in [-0.1, -0.05) is 19.9 Å². The molecule has 0 saturated carbocycles. The molecular formula is C15H19BrFNO. The Labute approximate surface area is 122 Å². The lowest BCUT2D eigenvalue weighted by Crippen LogP contribution is -2.33. The second kappa shape index (κ2) is 5.61. The van der Waals surface area contributed by atoms with Crippen LogP contribution < -0.4 is 0 Å². The maximum absolute atomic E-state index is 14.0. The summed E-state index contributed by atoms with van der Waals surface area (Å²) in [6.45, 7) is 5.87. The summed E-state index contributed by atoms with van der Waals surface area (Å²) in [6, 6.07) is 4.86. The third kappa shape index (κ3) is 3.35. The molecule has 2 rings (SSSR count). The van der Waals surface area contributed by atoms with E-state index in [9.17, 15) is 9.18 Å². The largest absolute Gasteiger partial charge is 0.339 e. The molecule has 1 aromatic rings. The summed E-state index contributed by atoms with van der Waals surface area (Å²) in [4.78, 5) is 14.2. The van der Waals surface area contributed by atoms with Gasteiger partial charge < -0.3 is 4.90 Å². The zero-order chi connectivity index (χ0) is 14.0. The third-order valence-electron chi connectivity index (χ3n) is 3.81. The number of nitrogens with zero attached hydrogens (tertiary/aromatic N) is 1. The van der Waals surface area contributed by atoms with Gasteiger partial charge in [-0.25, -0.2) is 4.39 Å². The van der Waals surface area contributed by atoms with Gasteiger partial charge in [-0.15, -0.1) is 0 Å². The maximum atomic E-state index is 14.0. The van der Waals surface area contributed by atoms with Gasteiger partial charge in [0.1, 0.15) is 5.82 Å². The molecule has 0 N–H and O–H groups in total. The summed E-state index contributed by atoms with van der Waals surface area (Å²) >= 11 is 3.13. The van der Waals surface area contributed by atoms with E-state index in [0.29, 0.717) is 17.6 Å². The van der Waals surface area contributed by atoms with Crippen LogP contribution in [0.2, 0.25) is 0 Å². The van der Waals surface area contributed by atoms with Crippen LogP contribution in [0.1, 0.15) is 43.5 Å². The van der Waals surface area contributed by atoms with Gasteiger partial charge in [-0.05, 0) is 52.7 Å². The molecule has 1 saturated heterocycles. The van der Waals surface area contributed by atoms with Crippen molar-refractivity contribution in [2.75, 3.05) is 13.1 Å². The summed E-state index contributed by atoms with van der Waals surface area (Å²) in [7, 11) is 0. The number of carbonyl (C=O) groups excluding carboxylic acids is 1. The van der Waals surface area contributed by atoms with Crippen molar-refractivity contribution in [3.63, 3.8) is 0 Å². The first-order valence-electron chi connectivity index (χ1n) is 6.64. The highest BCUT2D eigenvalue weighted by Crippen LogP contribution is 2.30. The van der Waals surface area contributed by atoms with E-state index in [0.717, 1.165) is 19.3 Å². The van der Waals surface area contributed by atoms with Crippen molar-refractivity contribution in [2.24, 2.45) is 5.41 Å². The Bertz CT molecular complexity index is 487. The standard InChI is InChI=1S/C15H19BrFNO/c1-15(2)7-4-9-18(10-8-15)14(19)11-5-3-6-12(16)13(11)17/h3,5-6H,4,7-10H2,1-2H3. The van der Waals surface area contributed by atoms with Crippen molar-refractivity contribution in [1.29, 1.82) is 0 Å². The average molecular weight is 328 g/mol. The predicted octanol–water partition coefficient (Wildman–Crippen LogP) is 4.24. The molecule has 0 atom stereocenters. The molecule has 0 bridgehead atoms. The zero-order valence-corrected chi connectivity index (χ0v) is 13.0. The van der Waals surface area contributed by atoms with Crippen molar-refractivity contribution in [3.8, 4) is 0 Å². The van der Waals surface area contributed by atoms with E-state index >= 15 is 0 Å². The van der Waals surface area contributed by atoms with Gasteiger partial charge in [0.25, 0.3) is 5.91 Å². The molecular weight excluding hydrogens is 309 g/mol. The Morgan fingerprint density at radius 1 is 1.32 bits per heavy atom. The minimum absolute atomic E-state index is 0.161. The fourth-order valence-electron chi connectivity index (χ4n) is 2.47. The van der Waals surface area contributed by atoms with Crippen LogP contribution in [-0.4, -0.2) is 23.9 Å². The highest BCUT2D eigenvalue weighted by molar-refractivity contribution is 9.10. The highest BCUT2D eigenvalue weighted by Gasteiger charge is 2.27. The first-order valence-corrected chi connectivity index (χ1v) is 7.43. The Balaban J connectivity index is 2.18. The molecule has 1 amide bonds. The second-order valence-corrected chi connectivity index (χ2v) is 6.77. The van der Waals surface area contributed by atoms with Crippen LogP contribution in [0, 0.1) is 11.2 Å². The van der Waals surface area contributed by atoms with Crippen LogP contribution >= 0.6 is 15.9 Å². The van der Waals surface area contributed by atoms with E-state index in [1.807, 2.05) is 0 Å². The Morgan fingerprint density at radius 3 is 2.79 bits per heavy atom. The first kappa shape index (κ1) is 14.5. The Hall–Kier alpha value is -0.900. The number of carbonyl (C=O) groups is 1. The zero-order valence-electron chi connectivity index (χ0n) is 11.4. The van der Waals surface area contributed by atoms with E-state index in [1.165, 1.54) is 0 Å². The first-order chi connectivity index (χ1) is 8.91. The van der Waals surface area contributed by atoms with Gasteiger partial charge in [0.05, 0.1) is 10.0 Å². The molecule has 1 aliphatic rings. The van der Waals surface area contributed by atoms with Gasteiger partial charge >= 0.3 is 0 Å². The summed E-state index contributed by atoms with van der Waals surface area (Å²) < 4.78 is 14.3. The van der Waals surface area contributed by atoms with Crippen LogP contribution in [0.25, 0.3) is 0 Å². The number of likely N-dealkylation sites (tertiary alicyclic amines) is 1. The molecule has 104 valence electrons. The SMILES string of the molecule is CC1(C)CCCN(C(=O)c2cccc(Br)c2F)CC1. The molecule has 0 aliphatic carbocycles. The molecule has 0 unspecified atom stereocenters. The van der Waals surface area contributed by atoms with Crippen LogP contribution in [0.3, 0.4) is 0 Å². The third-order valence-corrected chi connectivity index (χ3v) is 4.42. The van der Waals surface area contributed by atoms with Gasteiger partial charge in [0, 0.05) is 13.1 Å². The minimum atomic E-state index is -0.462. The summed E-state index contributed by atoms with van der Waals surface area (Å²) in [6.07, 6.45) is 3.06. The summed E-state index contributed by atoms with van der Waals surface area (Å²) in [5, 5.41) is 0. The fraction of sp³-hybridized carbons (Fsp3) is 0.533. The van der Waals surface area contributed by atoms with Crippen molar-refractivity contribution in [1.82, 2.24) is 4.90 Å². The quantitative estimate of drug-likeness (QED) is 0.755. The second-order valence-electron chi connectivity index (χ2n) is 5.91. The molecule has 4 heteroatoms. The van der Waals surface area contributed by atoms with Crippen molar-refractivity contribution < 1.29 is 9.18 Å².